The fourth-order valence-corrected chi connectivity index (χ4v) is 5.88. The zero-order chi connectivity index (χ0) is 18.7. The molecular formula is C20H21NO4S. The van der Waals surface area contributed by atoms with E-state index in [9.17, 15) is 13.2 Å². The first kappa shape index (κ1) is 17.1. The Labute approximate surface area is 153 Å². The number of carbonyl (C=O) groups excluding carboxylic acids is 1. The highest BCUT2D eigenvalue weighted by Gasteiger charge is 2.56. The van der Waals surface area contributed by atoms with Crippen LogP contribution in [0.2, 0.25) is 0 Å². The van der Waals surface area contributed by atoms with Crippen LogP contribution in [0.4, 0.5) is 0 Å². The SMILES string of the molecule is Cc1ccc(S(=O)(=O)[C@H]2C(=O)N(C)[C@@]3(C)C[C@H]2c2ccccc2O3)cc1. The Balaban J connectivity index is 1.89. The number of fused-ring (bicyclic) bond motifs is 4. The van der Waals surface area contributed by atoms with Crippen molar-refractivity contribution in [2.75, 3.05) is 7.05 Å². The summed E-state index contributed by atoms with van der Waals surface area (Å²) in [5, 5.41) is -1.15. The molecule has 2 heterocycles. The molecule has 26 heavy (non-hydrogen) atoms. The van der Waals surface area contributed by atoms with E-state index in [1.165, 1.54) is 4.90 Å². The van der Waals surface area contributed by atoms with Crippen LogP contribution in [-0.2, 0) is 14.6 Å². The van der Waals surface area contributed by atoms with Gasteiger partial charge in [-0.15, -0.1) is 0 Å². The lowest BCUT2D eigenvalue weighted by Crippen LogP contribution is -2.64. The van der Waals surface area contributed by atoms with Gasteiger partial charge in [-0.1, -0.05) is 35.9 Å². The van der Waals surface area contributed by atoms with Gasteiger partial charge in [-0.3, -0.25) is 4.79 Å². The minimum atomic E-state index is -3.83. The second-order valence-corrected chi connectivity index (χ2v) is 9.37. The summed E-state index contributed by atoms with van der Waals surface area (Å²) in [5.74, 6) is -0.200. The molecule has 4 rings (SSSR count). The topological polar surface area (TPSA) is 63.7 Å². The van der Waals surface area contributed by atoms with Crippen LogP contribution in [0.15, 0.2) is 53.4 Å². The number of piperidine rings is 1. The van der Waals surface area contributed by atoms with Crippen LogP contribution in [0.5, 0.6) is 5.75 Å². The average Bonchev–Trinajstić information content (AvgIpc) is 2.60. The van der Waals surface area contributed by atoms with E-state index >= 15 is 0 Å². The number of sulfone groups is 1. The van der Waals surface area contributed by atoms with Gasteiger partial charge in [0.1, 0.15) is 5.75 Å². The number of hydrogen-bond acceptors (Lipinski definition) is 4. The molecule has 0 unspecified atom stereocenters. The van der Waals surface area contributed by atoms with Crippen LogP contribution in [0, 0.1) is 6.92 Å². The summed E-state index contributed by atoms with van der Waals surface area (Å²) >= 11 is 0. The Bertz CT molecular complexity index is 983. The van der Waals surface area contributed by atoms with E-state index in [4.69, 9.17) is 4.74 Å². The Morgan fingerprint density at radius 1 is 1.12 bits per heavy atom. The van der Waals surface area contributed by atoms with Crippen molar-refractivity contribution in [2.24, 2.45) is 0 Å². The van der Waals surface area contributed by atoms with E-state index in [1.807, 2.05) is 38.1 Å². The highest BCUT2D eigenvalue weighted by molar-refractivity contribution is 7.92. The standard InChI is InChI=1S/C20H21NO4S/c1-13-8-10-14(11-9-13)26(23,24)18-16-12-20(2,21(3)19(18)22)25-17-7-5-4-6-15(16)17/h4-11,16,18H,12H2,1-3H3/t16-,18+,20+/m0/s1. The molecule has 3 atom stereocenters. The maximum Gasteiger partial charge on any atom is 0.244 e. The van der Waals surface area contributed by atoms with Gasteiger partial charge in [-0.25, -0.2) is 8.42 Å². The van der Waals surface area contributed by atoms with Crippen molar-refractivity contribution in [3.8, 4) is 5.75 Å². The van der Waals surface area contributed by atoms with Crippen molar-refractivity contribution >= 4 is 15.7 Å². The lowest BCUT2D eigenvalue weighted by atomic mass is 9.80. The molecule has 2 bridgehead atoms. The van der Waals surface area contributed by atoms with Crippen molar-refractivity contribution < 1.29 is 17.9 Å². The van der Waals surface area contributed by atoms with Crippen LogP contribution >= 0.6 is 0 Å². The van der Waals surface area contributed by atoms with Crippen molar-refractivity contribution in [3.05, 3.63) is 59.7 Å². The van der Waals surface area contributed by atoms with Gasteiger partial charge in [0.2, 0.25) is 5.91 Å². The van der Waals surface area contributed by atoms with Crippen LogP contribution in [0.3, 0.4) is 0 Å². The molecule has 2 aromatic rings. The zero-order valence-corrected chi connectivity index (χ0v) is 15.8. The van der Waals surface area contributed by atoms with E-state index in [0.29, 0.717) is 12.2 Å². The second kappa shape index (κ2) is 5.58. The van der Waals surface area contributed by atoms with E-state index in [-0.39, 0.29) is 4.90 Å². The molecule has 1 fully saturated rings. The number of amides is 1. The summed E-state index contributed by atoms with van der Waals surface area (Å²) in [4.78, 5) is 14.7. The van der Waals surface area contributed by atoms with Gasteiger partial charge in [0.15, 0.2) is 20.8 Å². The van der Waals surface area contributed by atoms with Gasteiger partial charge >= 0.3 is 0 Å². The highest BCUT2D eigenvalue weighted by atomic mass is 32.2. The second-order valence-electron chi connectivity index (χ2n) is 7.30. The summed E-state index contributed by atoms with van der Waals surface area (Å²) in [6.45, 7) is 3.73. The molecule has 2 aromatic carbocycles. The Kier molecular flexibility index (Phi) is 3.67. The van der Waals surface area contributed by atoms with Gasteiger partial charge in [-0.05, 0) is 37.6 Å². The van der Waals surface area contributed by atoms with E-state index in [1.54, 1.807) is 31.3 Å². The molecule has 1 saturated heterocycles. The third kappa shape index (κ3) is 2.35. The molecule has 2 aliphatic rings. The number of rotatable bonds is 2. The van der Waals surface area contributed by atoms with Crippen LogP contribution < -0.4 is 4.74 Å². The van der Waals surface area contributed by atoms with E-state index < -0.39 is 32.6 Å². The molecule has 0 saturated carbocycles. The monoisotopic (exact) mass is 371 g/mol. The maximum atomic E-state index is 13.4. The van der Waals surface area contributed by atoms with E-state index in [0.717, 1.165) is 11.1 Å². The Morgan fingerprint density at radius 2 is 1.77 bits per heavy atom. The Morgan fingerprint density at radius 3 is 2.46 bits per heavy atom. The molecule has 0 N–H and O–H groups in total. The van der Waals surface area contributed by atoms with Gasteiger partial charge in [-0.2, -0.15) is 0 Å². The summed E-state index contributed by atoms with van der Waals surface area (Å²) < 4.78 is 32.8. The summed E-state index contributed by atoms with van der Waals surface area (Å²) in [6, 6.07) is 14.1. The molecule has 0 spiro atoms. The largest absolute Gasteiger partial charge is 0.468 e. The number of hydrogen-bond donors (Lipinski definition) is 0. The number of benzene rings is 2. The minimum Gasteiger partial charge on any atom is -0.468 e. The highest BCUT2D eigenvalue weighted by Crippen LogP contribution is 2.49. The van der Waals surface area contributed by atoms with Crippen LogP contribution in [0.25, 0.3) is 0 Å². The van der Waals surface area contributed by atoms with Crippen molar-refractivity contribution in [2.45, 2.75) is 42.1 Å². The summed E-state index contributed by atoms with van der Waals surface area (Å²) in [5.41, 5.74) is 0.919. The molecule has 0 aromatic heterocycles. The van der Waals surface area contributed by atoms with E-state index in [2.05, 4.69) is 0 Å². The van der Waals surface area contributed by atoms with Gasteiger partial charge in [0.25, 0.3) is 0 Å². The first-order chi connectivity index (χ1) is 12.2. The molecule has 136 valence electrons. The van der Waals surface area contributed by atoms with Crippen LogP contribution in [-0.4, -0.2) is 37.2 Å². The van der Waals surface area contributed by atoms with Crippen LogP contribution in [0.1, 0.15) is 30.4 Å². The molecule has 0 aliphatic carbocycles. The summed E-state index contributed by atoms with van der Waals surface area (Å²) in [6.07, 6.45) is 0.446. The fourth-order valence-electron chi connectivity index (χ4n) is 3.97. The molecule has 6 heteroatoms. The zero-order valence-electron chi connectivity index (χ0n) is 15.0. The predicted octanol–water partition coefficient (Wildman–Crippen LogP) is 2.89. The molecular weight excluding hydrogens is 350 g/mol. The van der Waals surface area contributed by atoms with Gasteiger partial charge < -0.3 is 9.64 Å². The molecule has 5 nitrogen and oxygen atoms in total. The third-order valence-electron chi connectivity index (χ3n) is 5.58. The molecule has 0 radical (unpaired) electrons. The first-order valence-corrected chi connectivity index (χ1v) is 10.1. The Hall–Kier alpha value is -2.34. The van der Waals surface area contributed by atoms with Gasteiger partial charge in [0, 0.05) is 19.4 Å². The summed E-state index contributed by atoms with van der Waals surface area (Å²) in [7, 11) is -2.21. The number of carbonyl (C=O) groups is 1. The fraction of sp³-hybridized carbons (Fsp3) is 0.350. The smallest absolute Gasteiger partial charge is 0.244 e. The van der Waals surface area contributed by atoms with Crippen molar-refractivity contribution in [1.29, 1.82) is 0 Å². The lowest BCUT2D eigenvalue weighted by molar-refractivity contribution is -0.159. The minimum absolute atomic E-state index is 0.183. The van der Waals surface area contributed by atoms with Crippen molar-refractivity contribution in [3.63, 3.8) is 0 Å². The normalized spacial score (nSPS) is 27.7. The lowest BCUT2D eigenvalue weighted by Gasteiger charge is -2.51. The third-order valence-corrected chi connectivity index (χ3v) is 7.71. The van der Waals surface area contributed by atoms with Crippen molar-refractivity contribution in [1.82, 2.24) is 4.90 Å². The van der Waals surface area contributed by atoms with Gasteiger partial charge in [0.05, 0.1) is 4.90 Å². The molecule has 2 aliphatic heterocycles. The number of likely N-dealkylation sites (tertiary alicyclic amines) is 1. The number of nitrogens with zero attached hydrogens (tertiary/aromatic N) is 1. The quantitative estimate of drug-likeness (QED) is 0.814. The number of para-hydroxylation sites is 1. The number of aryl methyl sites for hydroxylation is 1. The first-order valence-electron chi connectivity index (χ1n) is 8.60. The predicted molar refractivity (Wildman–Crippen MR) is 97.8 cm³/mol. The molecule has 1 amide bonds. The number of ether oxygens (including phenoxy) is 1. The maximum absolute atomic E-state index is 13.4. The average molecular weight is 371 g/mol.